The molecule has 2 rings (SSSR count). The van der Waals surface area contributed by atoms with Gasteiger partial charge in [-0.1, -0.05) is 12.1 Å². The number of benzene rings is 1. The smallest absolute Gasteiger partial charge is 0.269 e. The zero-order valence-electron chi connectivity index (χ0n) is 14.0. The van der Waals surface area contributed by atoms with Gasteiger partial charge in [0, 0.05) is 18.2 Å². The van der Waals surface area contributed by atoms with Gasteiger partial charge in [0.05, 0.1) is 17.5 Å². The minimum absolute atomic E-state index is 0.0339. The summed E-state index contributed by atoms with van der Waals surface area (Å²) in [5.74, 6) is -0.196. The second-order valence-electron chi connectivity index (χ2n) is 6.39. The summed E-state index contributed by atoms with van der Waals surface area (Å²) in [6.07, 6.45) is 3.29. The summed E-state index contributed by atoms with van der Waals surface area (Å²) in [4.78, 5) is 24.5. The Morgan fingerprint density at radius 1 is 1.50 bits per heavy atom. The van der Waals surface area contributed by atoms with E-state index in [9.17, 15) is 20.2 Å². The lowest BCUT2D eigenvalue weighted by Gasteiger charge is -2.27. The summed E-state index contributed by atoms with van der Waals surface area (Å²) < 4.78 is 0. The number of likely N-dealkylation sites (N-methyl/N-ethyl adjacent to an activating group) is 1. The number of nitro groups is 1. The van der Waals surface area contributed by atoms with E-state index in [2.05, 4.69) is 11.4 Å². The highest BCUT2D eigenvalue weighted by molar-refractivity contribution is 5.79. The average Bonchev–Trinajstić information content (AvgIpc) is 3.03. The van der Waals surface area contributed by atoms with E-state index in [1.165, 1.54) is 12.1 Å². The van der Waals surface area contributed by atoms with Crippen molar-refractivity contribution in [2.75, 3.05) is 13.6 Å². The van der Waals surface area contributed by atoms with E-state index >= 15 is 0 Å². The van der Waals surface area contributed by atoms with Gasteiger partial charge in [-0.15, -0.1) is 0 Å². The number of carbonyl (C=O) groups excluding carboxylic acids is 1. The molecular weight excluding hydrogens is 308 g/mol. The molecule has 0 saturated heterocycles. The molecule has 1 aliphatic carbocycles. The summed E-state index contributed by atoms with van der Waals surface area (Å²) in [6, 6.07) is 8.49. The SMILES string of the molecule is C[C@@H](c1cccc([N+](=O)[O-])c1)N(C)CC(=O)NC1(C#N)CCCC1. The van der Waals surface area contributed by atoms with E-state index in [0.29, 0.717) is 12.8 Å². The Balaban J connectivity index is 1.99. The minimum atomic E-state index is -0.729. The first-order chi connectivity index (χ1) is 11.4. The van der Waals surface area contributed by atoms with Gasteiger partial charge in [0.15, 0.2) is 0 Å². The zero-order chi connectivity index (χ0) is 17.7. The standard InChI is InChI=1S/C17H22N4O3/c1-13(14-6-5-7-15(10-14)21(23)24)20(2)11-16(22)19-17(12-18)8-3-4-9-17/h5-7,10,13H,3-4,8-9,11H2,1-2H3,(H,19,22)/t13-/m0/s1. The van der Waals surface area contributed by atoms with Crippen LogP contribution in [0.15, 0.2) is 24.3 Å². The highest BCUT2D eigenvalue weighted by Crippen LogP contribution is 2.29. The summed E-state index contributed by atoms with van der Waals surface area (Å²) in [5, 5.41) is 23.1. The average molecular weight is 330 g/mol. The lowest BCUT2D eigenvalue weighted by atomic mass is 10.00. The molecule has 0 spiro atoms. The summed E-state index contributed by atoms with van der Waals surface area (Å²) in [7, 11) is 1.79. The van der Waals surface area contributed by atoms with E-state index < -0.39 is 10.5 Å². The molecule has 1 fully saturated rings. The van der Waals surface area contributed by atoms with Crippen LogP contribution >= 0.6 is 0 Å². The number of nitrogens with one attached hydrogen (secondary N) is 1. The van der Waals surface area contributed by atoms with Crippen molar-refractivity contribution in [3.8, 4) is 6.07 Å². The van der Waals surface area contributed by atoms with Gasteiger partial charge in [-0.25, -0.2) is 0 Å². The second kappa shape index (κ2) is 7.41. The highest BCUT2D eigenvalue weighted by Gasteiger charge is 2.35. The first-order valence-electron chi connectivity index (χ1n) is 8.04. The van der Waals surface area contributed by atoms with Crippen molar-refractivity contribution in [3.63, 3.8) is 0 Å². The normalized spacial score (nSPS) is 17.2. The van der Waals surface area contributed by atoms with E-state index in [-0.39, 0.29) is 24.2 Å². The molecular formula is C17H22N4O3. The predicted molar refractivity (Wildman–Crippen MR) is 89.1 cm³/mol. The van der Waals surface area contributed by atoms with E-state index in [1.807, 2.05) is 11.8 Å². The predicted octanol–water partition coefficient (Wildman–Crippen LogP) is 2.54. The number of rotatable bonds is 6. The van der Waals surface area contributed by atoms with Gasteiger partial charge >= 0.3 is 0 Å². The van der Waals surface area contributed by atoms with Gasteiger partial charge in [0.2, 0.25) is 5.91 Å². The molecule has 1 atom stereocenters. The van der Waals surface area contributed by atoms with Crippen molar-refractivity contribution >= 4 is 11.6 Å². The van der Waals surface area contributed by atoms with Crippen molar-refractivity contribution in [1.29, 1.82) is 5.26 Å². The first kappa shape index (κ1) is 17.9. The van der Waals surface area contributed by atoms with Crippen LogP contribution in [0.1, 0.15) is 44.2 Å². The molecule has 7 heteroatoms. The molecule has 1 N–H and O–H groups in total. The highest BCUT2D eigenvalue weighted by atomic mass is 16.6. The van der Waals surface area contributed by atoms with E-state index in [0.717, 1.165) is 18.4 Å². The molecule has 1 aliphatic rings. The molecule has 1 saturated carbocycles. The van der Waals surface area contributed by atoms with Crippen LogP contribution in [0, 0.1) is 21.4 Å². The fourth-order valence-corrected chi connectivity index (χ4v) is 3.07. The molecule has 7 nitrogen and oxygen atoms in total. The molecule has 128 valence electrons. The number of carbonyl (C=O) groups is 1. The van der Waals surface area contributed by atoms with Crippen molar-refractivity contribution < 1.29 is 9.72 Å². The van der Waals surface area contributed by atoms with Gasteiger partial charge in [0.1, 0.15) is 5.54 Å². The largest absolute Gasteiger partial charge is 0.337 e. The molecule has 1 aromatic rings. The van der Waals surface area contributed by atoms with Crippen LogP contribution in [0.4, 0.5) is 5.69 Å². The van der Waals surface area contributed by atoms with E-state index in [4.69, 9.17) is 0 Å². The van der Waals surface area contributed by atoms with Crippen LogP contribution in [0.25, 0.3) is 0 Å². The van der Waals surface area contributed by atoms with Crippen molar-refractivity contribution in [2.45, 2.75) is 44.2 Å². The molecule has 0 heterocycles. The zero-order valence-corrected chi connectivity index (χ0v) is 14.0. The van der Waals surface area contributed by atoms with Crippen LogP contribution in [-0.4, -0.2) is 34.9 Å². The summed E-state index contributed by atoms with van der Waals surface area (Å²) in [6.45, 7) is 2.02. The number of amides is 1. The Morgan fingerprint density at radius 3 is 2.75 bits per heavy atom. The summed E-state index contributed by atoms with van der Waals surface area (Å²) in [5.41, 5.74) is 0.0779. The molecule has 0 bridgehead atoms. The minimum Gasteiger partial charge on any atom is -0.337 e. The lowest BCUT2D eigenvalue weighted by Crippen LogP contribution is -2.48. The number of nitrogens with zero attached hydrogens (tertiary/aromatic N) is 3. The third kappa shape index (κ3) is 4.09. The maximum absolute atomic E-state index is 12.3. The molecule has 0 aromatic heterocycles. The van der Waals surface area contributed by atoms with Crippen LogP contribution in [0.3, 0.4) is 0 Å². The van der Waals surface area contributed by atoms with Crippen LogP contribution < -0.4 is 5.32 Å². The first-order valence-corrected chi connectivity index (χ1v) is 8.04. The molecule has 0 aliphatic heterocycles. The topological polar surface area (TPSA) is 99.3 Å². The maximum atomic E-state index is 12.3. The van der Waals surface area contributed by atoms with Gasteiger partial charge in [0.25, 0.3) is 5.69 Å². The Bertz CT molecular complexity index is 662. The molecule has 0 radical (unpaired) electrons. The monoisotopic (exact) mass is 330 g/mol. The number of nitro benzene ring substituents is 1. The van der Waals surface area contributed by atoms with Crippen molar-refractivity contribution in [1.82, 2.24) is 10.2 Å². The van der Waals surface area contributed by atoms with Crippen LogP contribution in [-0.2, 0) is 4.79 Å². The fourth-order valence-electron chi connectivity index (χ4n) is 3.07. The third-order valence-electron chi connectivity index (χ3n) is 4.67. The Hall–Kier alpha value is -2.46. The maximum Gasteiger partial charge on any atom is 0.269 e. The van der Waals surface area contributed by atoms with E-state index in [1.54, 1.807) is 19.2 Å². The molecule has 1 aromatic carbocycles. The summed E-state index contributed by atoms with van der Waals surface area (Å²) >= 11 is 0. The van der Waals surface area contributed by atoms with Gasteiger partial charge in [-0.05, 0) is 45.2 Å². The molecule has 0 unspecified atom stereocenters. The second-order valence-corrected chi connectivity index (χ2v) is 6.39. The molecule has 1 amide bonds. The molecule has 24 heavy (non-hydrogen) atoms. The number of hydrogen-bond acceptors (Lipinski definition) is 5. The Kier molecular flexibility index (Phi) is 5.52. The van der Waals surface area contributed by atoms with Gasteiger partial charge < -0.3 is 5.32 Å². The number of hydrogen-bond donors (Lipinski definition) is 1. The number of nitriles is 1. The number of non-ortho nitro benzene ring substituents is 1. The van der Waals surface area contributed by atoms with Crippen LogP contribution in [0.2, 0.25) is 0 Å². The van der Waals surface area contributed by atoms with Crippen LogP contribution in [0.5, 0.6) is 0 Å². The fraction of sp³-hybridized carbons (Fsp3) is 0.529. The van der Waals surface area contributed by atoms with Gasteiger partial charge in [-0.3, -0.25) is 19.8 Å². The Morgan fingerprint density at radius 2 is 2.17 bits per heavy atom. The van der Waals surface area contributed by atoms with Crippen molar-refractivity contribution in [3.05, 3.63) is 39.9 Å². The van der Waals surface area contributed by atoms with Gasteiger partial charge in [-0.2, -0.15) is 5.26 Å². The van der Waals surface area contributed by atoms with Crippen molar-refractivity contribution in [2.24, 2.45) is 0 Å². The lowest BCUT2D eigenvalue weighted by molar-refractivity contribution is -0.384. The Labute approximate surface area is 141 Å². The third-order valence-corrected chi connectivity index (χ3v) is 4.67. The quantitative estimate of drug-likeness (QED) is 0.638.